The summed E-state index contributed by atoms with van der Waals surface area (Å²) in [5, 5.41) is 19.5. The van der Waals surface area contributed by atoms with Gasteiger partial charge >= 0.3 is 0 Å². The Morgan fingerprint density at radius 1 is 0.889 bits per heavy atom. The molecule has 0 bridgehead atoms. The third-order valence-corrected chi connectivity index (χ3v) is 4.41. The number of ether oxygens (including phenoxy) is 1. The second-order valence-corrected chi connectivity index (χ2v) is 6.59. The minimum absolute atomic E-state index is 0.0460. The first-order valence-corrected chi connectivity index (χ1v) is 8.80. The van der Waals surface area contributed by atoms with Gasteiger partial charge in [-0.2, -0.15) is 0 Å². The van der Waals surface area contributed by atoms with E-state index in [1.165, 1.54) is 0 Å². The summed E-state index contributed by atoms with van der Waals surface area (Å²) in [5.74, 6) is 0.623. The van der Waals surface area contributed by atoms with Crippen LogP contribution in [0.1, 0.15) is 0 Å². The minimum atomic E-state index is -0.0460. The van der Waals surface area contributed by atoms with Crippen molar-refractivity contribution in [1.29, 1.82) is 0 Å². The van der Waals surface area contributed by atoms with Crippen LogP contribution in [0.5, 0.6) is 17.2 Å². The lowest BCUT2D eigenvalue weighted by atomic mass is 10.2. The number of aromatic hydroxyl groups is 1. The van der Waals surface area contributed by atoms with Gasteiger partial charge in [-0.25, -0.2) is 4.68 Å². The molecule has 7 heteroatoms. The fourth-order valence-electron chi connectivity index (χ4n) is 2.54. The molecule has 0 atom stereocenters. The molecule has 0 saturated carbocycles. The van der Waals surface area contributed by atoms with Crippen molar-refractivity contribution in [3.05, 3.63) is 83.0 Å². The van der Waals surface area contributed by atoms with Gasteiger partial charge in [-0.15, -0.1) is 5.10 Å². The Morgan fingerprint density at radius 3 is 2.41 bits per heavy atom. The Kier molecular flexibility index (Phi) is 4.71. The zero-order valence-electron chi connectivity index (χ0n) is 13.9. The molecule has 0 unspecified atom stereocenters. The van der Waals surface area contributed by atoms with Gasteiger partial charge in [0, 0.05) is 16.7 Å². The molecule has 0 radical (unpaired) electrons. The molecule has 5 nitrogen and oxygen atoms in total. The lowest BCUT2D eigenvalue weighted by molar-refractivity contribution is 0.411. The molecule has 0 saturated heterocycles. The van der Waals surface area contributed by atoms with Crippen molar-refractivity contribution in [2.75, 3.05) is 0 Å². The zero-order valence-corrected chi connectivity index (χ0v) is 15.4. The van der Waals surface area contributed by atoms with Gasteiger partial charge in [-0.1, -0.05) is 58.7 Å². The molecule has 1 N–H and O–H groups in total. The molecule has 4 rings (SSSR count). The summed E-state index contributed by atoms with van der Waals surface area (Å²) in [6.07, 6.45) is 1.79. The van der Waals surface area contributed by atoms with Gasteiger partial charge in [0.2, 0.25) is 0 Å². The molecular formula is C20H13Cl2N3O2. The predicted molar refractivity (Wildman–Crippen MR) is 105 cm³/mol. The molecule has 134 valence electrons. The number of hydrogen-bond donors (Lipinski definition) is 1. The quantitative estimate of drug-likeness (QED) is 0.476. The molecule has 0 amide bonds. The van der Waals surface area contributed by atoms with Crippen molar-refractivity contribution in [2.24, 2.45) is 0 Å². The molecular weight excluding hydrogens is 385 g/mol. The Bertz CT molecular complexity index is 1100. The van der Waals surface area contributed by atoms with E-state index in [9.17, 15) is 5.11 Å². The van der Waals surface area contributed by atoms with E-state index in [2.05, 4.69) is 10.3 Å². The standard InChI is InChI=1S/C20H13Cl2N3O2/c21-14-6-8-19(16(22)10-14)27-20-9-7-15(11-18(20)26)25-12-17(23-24-25)13-4-2-1-3-5-13/h1-12,26H. The Morgan fingerprint density at radius 2 is 1.67 bits per heavy atom. The number of aromatic nitrogens is 3. The Hall–Kier alpha value is -3.02. The third-order valence-electron chi connectivity index (χ3n) is 3.88. The summed E-state index contributed by atoms with van der Waals surface area (Å²) in [6, 6.07) is 19.6. The maximum absolute atomic E-state index is 10.3. The lowest BCUT2D eigenvalue weighted by Crippen LogP contribution is -1.95. The summed E-state index contributed by atoms with van der Waals surface area (Å²) < 4.78 is 7.26. The Labute approximate surface area is 165 Å². The Balaban J connectivity index is 1.59. The van der Waals surface area contributed by atoms with Crippen LogP contribution in [0, 0.1) is 0 Å². The van der Waals surface area contributed by atoms with Crippen LogP contribution in [-0.4, -0.2) is 20.1 Å². The van der Waals surface area contributed by atoms with Crippen LogP contribution in [0.25, 0.3) is 16.9 Å². The van der Waals surface area contributed by atoms with Crippen molar-refractivity contribution in [3.63, 3.8) is 0 Å². The van der Waals surface area contributed by atoms with Crippen molar-refractivity contribution in [1.82, 2.24) is 15.0 Å². The average Bonchev–Trinajstić information content (AvgIpc) is 3.16. The number of hydrogen-bond acceptors (Lipinski definition) is 4. The van der Waals surface area contributed by atoms with E-state index in [4.69, 9.17) is 27.9 Å². The number of phenols is 1. The minimum Gasteiger partial charge on any atom is -0.504 e. The number of benzene rings is 3. The molecule has 1 aromatic heterocycles. The van der Waals surface area contributed by atoms with Gasteiger partial charge in [0.1, 0.15) is 11.4 Å². The number of phenolic OH excluding ortho intramolecular Hbond substituents is 1. The normalized spacial score (nSPS) is 10.7. The fraction of sp³-hybridized carbons (Fsp3) is 0. The van der Waals surface area contributed by atoms with Gasteiger partial charge in [-0.3, -0.25) is 0 Å². The van der Waals surface area contributed by atoms with E-state index < -0.39 is 0 Å². The van der Waals surface area contributed by atoms with Crippen LogP contribution >= 0.6 is 23.2 Å². The first-order valence-electron chi connectivity index (χ1n) is 8.04. The van der Waals surface area contributed by atoms with Gasteiger partial charge in [0.15, 0.2) is 11.5 Å². The molecule has 3 aromatic carbocycles. The maximum Gasteiger partial charge on any atom is 0.169 e. The molecule has 0 aliphatic carbocycles. The summed E-state index contributed by atoms with van der Waals surface area (Å²) in [5.41, 5.74) is 2.35. The van der Waals surface area contributed by atoms with Gasteiger partial charge in [-0.05, 0) is 30.3 Å². The summed E-state index contributed by atoms with van der Waals surface area (Å²) in [6.45, 7) is 0. The van der Waals surface area contributed by atoms with Crippen LogP contribution < -0.4 is 4.74 Å². The molecule has 4 aromatic rings. The highest BCUT2D eigenvalue weighted by molar-refractivity contribution is 6.35. The zero-order chi connectivity index (χ0) is 18.8. The second-order valence-electron chi connectivity index (χ2n) is 5.74. The van der Waals surface area contributed by atoms with E-state index in [1.54, 1.807) is 47.3 Å². The van der Waals surface area contributed by atoms with Gasteiger partial charge in [0.05, 0.1) is 16.9 Å². The van der Waals surface area contributed by atoms with Crippen LogP contribution in [0.4, 0.5) is 0 Å². The van der Waals surface area contributed by atoms with E-state index in [0.29, 0.717) is 21.5 Å². The highest BCUT2D eigenvalue weighted by Gasteiger charge is 2.11. The largest absolute Gasteiger partial charge is 0.504 e. The van der Waals surface area contributed by atoms with Crippen molar-refractivity contribution < 1.29 is 9.84 Å². The summed E-state index contributed by atoms with van der Waals surface area (Å²) in [4.78, 5) is 0. The lowest BCUT2D eigenvalue weighted by Gasteiger charge is -2.10. The van der Waals surface area contributed by atoms with Gasteiger partial charge < -0.3 is 9.84 Å². The molecule has 27 heavy (non-hydrogen) atoms. The molecule has 0 spiro atoms. The van der Waals surface area contributed by atoms with E-state index in [0.717, 1.165) is 11.3 Å². The highest BCUT2D eigenvalue weighted by atomic mass is 35.5. The molecule has 0 aliphatic heterocycles. The van der Waals surface area contributed by atoms with Gasteiger partial charge in [0.25, 0.3) is 0 Å². The summed E-state index contributed by atoms with van der Waals surface area (Å²) in [7, 11) is 0. The SMILES string of the molecule is Oc1cc(-n2cc(-c3ccccc3)nn2)ccc1Oc1ccc(Cl)cc1Cl. The average molecular weight is 398 g/mol. The maximum atomic E-state index is 10.3. The van der Waals surface area contributed by atoms with E-state index in [1.807, 2.05) is 30.3 Å². The van der Waals surface area contributed by atoms with Crippen LogP contribution in [0.3, 0.4) is 0 Å². The first-order chi connectivity index (χ1) is 13.1. The highest BCUT2D eigenvalue weighted by Crippen LogP contribution is 2.36. The molecule has 0 fully saturated rings. The monoisotopic (exact) mass is 397 g/mol. The fourth-order valence-corrected chi connectivity index (χ4v) is 2.99. The van der Waals surface area contributed by atoms with E-state index in [-0.39, 0.29) is 11.5 Å². The van der Waals surface area contributed by atoms with Crippen LogP contribution in [0.15, 0.2) is 72.9 Å². The number of halogens is 2. The topological polar surface area (TPSA) is 60.2 Å². The van der Waals surface area contributed by atoms with Crippen LogP contribution in [0.2, 0.25) is 10.0 Å². The number of rotatable bonds is 4. The van der Waals surface area contributed by atoms with E-state index >= 15 is 0 Å². The molecule has 1 heterocycles. The summed E-state index contributed by atoms with van der Waals surface area (Å²) >= 11 is 12.0. The predicted octanol–water partition coefficient (Wildman–Crippen LogP) is 5.74. The third kappa shape index (κ3) is 3.74. The first kappa shape index (κ1) is 17.4. The number of nitrogens with zero attached hydrogens (tertiary/aromatic N) is 3. The molecule has 0 aliphatic rings. The second kappa shape index (κ2) is 7.31. The van der Waals surface area contributed by atoms with Crippen LogP contribution in [-0.2, 0) is 0 Å². The van der Waals surface area contributed by atoms with Crippen molar-refractivity contribution in [3.8, 4) is 34.2 Å². The smallest absolute Gasteiger partial charge is 0.169 e. The van der Waals surface area contributed by atoms with Crippen molar-refractivity contribution in [2.45, 2.75) is 0 Å². The van der Waals surface area contributed by atoms with Crippen molar-refractivity contribution >= 4 is 23.2 Å².